The summed E-state index contributed by atoms with van der Waals surface area (Å²) in [6.07, 6.45) is 5.92. The smallest absolute Gasteiger partial charge is 0.264 e. The highest BCUT2D eigenvalue weighted by atomic mass is 32.2. The lowest BCUT2D eigenvalue weighted by molar-refractivity contribution is 0.123. The lowest BCUT2D eigenvalue weighted by Crippen LogP contribution is -2.38. The Morgan fingerprint density at radius 2 is 1.82 bits per heavy atom. The zero-order valence-corrected chi connectivity index (χ0v) is 10.9. The van der Waals surface area contributed by atoms with Crippen molar-refractivity contribution in [3.8, 4) is 0 Å². The Morgan fingerprint density at radius 3 is 2.35 bits per heavy atom. The highest BCUT2D eigenvalue weighted by Crippen LogP contribution is 2.27. The van der Waals surface area contributed by atoms with Gasteiger partial charge >= 0.3 is 0 Å². The third-order valence-corrected chi connectivity index (χ3v) is 4.25. The summed E-state index contributed by atoms with van der Waals surface area (Å²) < 4.78 is 29.7. The predicted molar refractivity (Wildman–Crippen MR) is 66.2 cm³/mol. The fourth-order valence-corrected chi connectivity index (χ4v) is 2.99. The summed E-state index contributed by atoms with van der Waals surface area (Å²) >= 11 is 0. The molecular weight excluding hydrogens is 242 g/mol. The van der Waals surface area contributed by atoms with Crippen LogP contribution in [0.15, 0.2) is 0 Å². The maximum absolute atomic E-state index is 10.6. The van der Waals surface area contributed by atoms with Crippen LogP contribution in [0.1, 0.15) is 44.9 Å². The molecule has 0 amide bonds. The van der Waals surface area contributed by atoms with Gasteiger partial charge in [-0.1, -0.05) is 32.1 Å². The van der Waals surface area contributed by atoms with Gasteiger partial charge in [-0.2, -0.15) is 8.42 Å². The highest BCUT2D eigenvalue weighted by Gasteiger charge is 2.22. The van der Waals surface area contributed by atoms with Crippen molar-refractivity contribution >= 4 is 10.1 Å². The van der Waals surface area contributed by atoms with E-state index in [9.17, 15) is 13.5 Å². The Kier molecular flexibility index (Phi) is 5.85. The number of hydrogen-bond acceptors (Lipinski definition) is 4. The molecule has 0 bridgehead atoms. The number of aliphatic hydroxyl groups excluding tert-OH is 1. The van der Waals surface area contributed by atoms with E-state index in [4.69, 9.17) is 10.3 Å². The van der Waals surface area contributed by atoms with Crippen LogP contribution in [0.5, 0.6) is 0 Å². The van der Waals surface area contributed by atoms with Gasteiger partial charge in [0, 0.05) is 6.04 Å². The van der Waals surface area contributed by atoms with Crippen LogP contribution < -0.4 is 5.73 Å². The first-order chi connectivity index (χ1) is 7.88. The molecule has 0 saturated heterocycles. The third-order valence-electron chi connectivity index (χ3n) is 3.50. The Balaban J connectivity index is 2.28. The van der Waals surface area contributed by atoms with Crippen molar-refractivity contribution < 1.29 is 18.1 Å². The van der Waals surface area contributed by atoms with E-state index < -0.39 is 22.0 Å². The molecule has 0 unspecified atom stereocenters. The molecule has 1 saturated carbocycles. The van der Waals surface area contributed by atoms with Gasteiger partial charge < -0.3 is 10.8 Å². The van der Waals surface area contributed by atoms with Crippen LogP contribution in [0, 0.1) is 5.92 Å². The minimum Gasteiger partial charge on any atom is -0.391 e. The minimum atomic E-state index is -4.00. The molecular formula is C11H23NO4S. The molecule has 17 heavy (non-hydrogen) atoms. The van der Waals surface area contributed by atoms with Gasteiger partial charge in [0.05, 0.1) is 11.9 Å². The molecule has 1 aliphatic carbocycles. The summed E-state index contributed by atoms with van der Waals surface area (Å²) in [4.78, 5) is 0. The van der Waals surface area contributed by atoms with Gasteiger partial charge in [0.2, 0.25) is 0 Å². The van der Waals surface area contributed by atoms with E-state index in [-0.39, 0.29) is 12.5 Å². The van der Waals surface area contributed by atoms with Crippen molar-refractivity contribution in [1.82, 2.24) is 0 Å². The van der Waals surface area contributed by atoms with Gasteiger partial charge in [-0.25, -0.2) is 0 Å². The minimum absolute atomic E-state index is 0.00667. The molecule has 1 aliphatic rings. The molecule has 0 aromatic heterocycles. The van der Waals surface area contributed by atoms with E-state index in [2.05, 4.69) is 0 Å². The zero-order valence-electron chi connectivity index (χ0n) is 10.1. The van der Waals surface area contributed by atoms with Crippen LogP contribution in [0.3, 0.4) is 0 Å². The maximum Gasteiger partial charge on any atom is 0.264 e. The Bertz CT molecular complexity index is 311. The Hall–Kier alpha value is -0.170. The lowest BCUT2D eigenvalue weighted by atomic mass is 9.84. The molecule has 0 spiro atoms. The predicted octanol–water partition coefficient (Wildman–Crippen LogP) is 0.923. The van der Waals surface area contributed by atoms with E-state index >= 15 is 0 Å². The number of aliphatic hydroxyl groups is 1. The summed E-state index contributed by atoms with van der Waals surface area (Å²) in [5.41, 5.74) is 5.85. The molecule has 0 aromatic carbocycles. The summed E-state index contributed by atoms with van der Waals surface area (Å²) in [6.45, 7) is 0. The second-order valence-corrected chi connectivity index (χ2v) is 6.62. The molecule has 6 heteroatoms. The molecule has 5 nitrogen and oxygen atoms in total. The highest BCUT2D eigenvalue weighted by molar-refractivity contribution is 7.85. The molecule has 2 atom stereocenters. The molecule has 0 heterocycles. The molecule has 1 rings (SSSR count). The molecule has 0 aliphatic heterocycles. The first-order valence-corrected chi connectivity index (χ1v) is 7.88. The van der Waals surface area contributed by atoms with E-state index in [0.717, 1.165) is 19.3 Å². The lowest BCUT2D eigenvalue weighted by Gasteiger charge is -2.26. The van der Waals surface area contributed by atoms with Crippen molar-refractivity contribution in [2.24, 2.45) is 11.7 Å². The topological polar surface area (TPSA) is 101 Å². The third kappa shape index (κ3) is 6.35. The van der Waals surface area contributed by atoms with Crippen LogP contribution in [0.25, 0.3) is 0 Å². The van der Waals surface area contributed by atoms with E-state index in [1.807, 2.05) is 0 Å². The zero-order chi connectivity index (χ0) is 12.9. The van der Waals surface area contributed by atoms with Crippen LogP contribution in [-0.2, 0) is 10.1 Å². The summed E-state index contributed by atoms with van der Waals surface area (Å²) in [5.74, 6) is 0.131. The average molecular weight is 265 g/mol. The van der Waals surface area contributed by atoms with Crippen LogP contribution in [-0.4, -0.2) is 36.0 Å². The van der Waals surface area contributed by atoms with E-state index in [1.54, 1.807) is 0 Å². The SMILES string of the molecule is N[C@@H](CC1CCCCC1)[C@@H](O)CCS(=O)(=O)O. The second-order valence-electron chi connectivity index (χ2n) is 5.05. The fraction of sp³-hybridized carbons (Fsp3) is 1.00. The first kappa shape index (κ1) is 14.9. The van der Waals surface area contributed by atoms with Gasteiger partial charge in [-0.3, -0.25) is 4.55 Å². The van der Waals surface area contributed by atoms with Gasteiger partial charge in [0.25, 0.3) is 10.1 Å². The standard InChI is InChI=1S/C11H23NO4S/c12-10(8-9-4-2-1-3-5-9)11(13)6-7-17(14,15)16/h9-11,13H,1-8,12H2,(H,14,15,16)/t10-,11-/m0/s1. The quantitative estimate of drug-likeness (QED) is 0.620. The van der Waals surface area contributed by atoms with Crippen molar-refractivity contribution in [3.05, 3.63) is 0 Å². The molecule has 4 N–H and O–H groups in total. The average Bonchev–Trinajstić information content (AvgIpc) is 2.26. The van der Waals surface area contributed by atoms with Crippen molar-refractivity contribution in [1.29, 1.82) is 0 Å². The number of rotatable bonds is 6. The molecule has 0 radical (unpaired) electrons. The van der Waals surface area contributed by atoms with Crippen LogP contribution >= 0.6 is 0 Å². The largest absolute Gasteiger partial charge is 0.391 e. The Labute approximate surface area is 103 Å². The number of nitrogens with two attached hydrogens (primary N) is 1. The normalized spacial score (nSPS) is 22.3. The van der Waals surface area contributed by atoms with Crippen molar-refractivity contribution in [3.63, 3.8) is 0 Å². The second kappa shape index (κ2) is 6.68. The van der Waals surface area contributed by atoms with E-state index in [0.29, 0.717) is 5.92 Å². The molecule has 1 fully saturated rings. The summed E-state index contributed by atoms with van der Waals surface area (Å²) in [7, 11) is -4.00. The van der Waals surface area contributed by atoms with Gasteiger partial charge in [-0.05, 0) is 18.8 Å². The van der Waals surface area contributed by atoms with E-state index in [1.165, 1.54) is 19.3 Å². The van der Waals surface area contributed by atoms with Gasteiger partial charge in [0.1, 0.15) is 0 Å². The van der Waals surface area contributed by atoms with Crippen molar-refractivity contribution in [2.45, 2.75) is 57.1 Å². The Morgan fingerprint density at radius 1 is 1.24 bits per heavy atom. The number of hydrogen-bond donors (Lipinski definition) is 3. The molecule has 102 valence electrons. The maximum atomic E-state index is 10.6. The summed E-state index contributed by atoms with van der Waals surface area (Å²) in [5, 5.41) is 9.71. The van der Waals surface area contributed by atoms with Crippen LogP contribution in [0.4, 0.5) is 0 Å². The van der Waals surface area contributed by atoms with Gasteiger partial charge in [0.15, 0.2) is 0 Å². The van der Waals surface area contributed by atoms with Crippen LogP contribution in [0.2, 0.25) is 0 Å². The summed E-state index contributed by atoms with van der Waals surface area (Å²) in [6, 6.07) is -0.389. The molecule has 0 aromatic rings. The first-order valence-electron chi connectivity index (χ1n) is 6.27. The van der Waals surface area contributed by atoms with Gasteiger partial charge in [-0.15, -0.1) is 0 Å². The fourth-order valence-electron chi connectivity index (χ4n) is 2.45. The van der Waals surface area contributed by atoms with Crippen molar-refractivity contribution in [2.75, 3.05) is 5.75 Å². The monoisotopic (exact) mass is 265 g/mol.